The van der Waals surface area contributed by atoms with Gasteiger partial charge >= 0.3 is 16.6 Å². The average Bonchev–Trinajstić information content (AvgIpc) is 1.82. The first kappa shape index (κ1) is 8.89. The van der Waals surface area contributed by atoms with Crippen LogP contribution in [-0.4, -0.2) is 33.5 Å². The molecule has 0 unspecified atom stereocenters. The summed E-state index contributed by atoms with van der Waals surface area (Å²) in [6.07, 6.45) is -0.829. The van der Waals surface area contributed by atoms with Crippen molar-refractivity contribution in [3.8, 4) is 0 Å². The lowest BCUT2D eigenvalue weighted by atomic mass is 10.9. The Morgan fingerprint density at radius 1 is 1.50 bits per heavy atom. The summed E-state index contributed by atoms with van der Waals surface area (Å²) in [6, 6.07) is 0. The van der Waals surface area contributed by atoms with E-state index in [0.29, 0.717) is 0 Å². The van der Waals surface area contributed by atoms with Gasteiger partial charge < -0.3 is 4.90 Å². The molecule has 0 aromatic rings. The second-order valence-electron chi connectivity index (χ2n) is 1.54. The number of carbonyl (C=O) groups is 1. The van der Waals surface area contributed by atoms with Crippen LogP contribution in [0.4, 0.5) is 4.79 Å². The molecule has 6 nitrogen and oxygen atoms in total. The molecule has 0 aliphatic rings. The summed E-state index contributed by atoms with van der Waals surface area (Å²) in [4.78, 5) is 15.3. The topological polar surface area (TPSA) is 76.0 Å². The Morgan fingerprint density at radius 2 is 2.00 bits per heavy atom. The molecule has 1 amide bonds. The maximum atomic E-state index is 10.4. The summed E-state index contributed by atoms with van der Waals surface area (Å²) in [7, 11) is 0.119. The van der Waals surface area contributed by atoms with Crippen LogP contribution in [0.5, 0.6) is 0 Å². The van der Waals surface area contributed by atoms with Gasteiger partial charge in [0.15, 0.2) is 0 Å². The highest BCUT2D eigenvalue weighted by Crippen LogP contribution is 1.84. The lowest BCUT2D eigenvalue weighted by Crippen LogP contribution is -2.20. The Labute approximate surface area is 59.1 Å². The van der Waals surface area contributed by atoms with Crippen LogP contribution in [-0.2, 0) is 15.3 Å². The van der Waals surface area contributed by atoms with E-state index < -0.39 is 16.6 Å². The van der Waals surface area contributed by atoms with E-state index in [9.17, 15) is 13.2 Å². The van der Waals surface area contributed by atoms with E-state index in [1.54, 1.807) is 0 Å². The van der Waals surface area contributed by atoms with Gasteiger partial charge in [0.1, 0.15) is 0 Å². The maximum absolute atomic E-state index is 10.4. The molecule has 0 saturated carbocycles. The highest BCUT2D eigenvalue weighted by Gasteiger charge is 2.02. The fraction of sp³-hybridized carbons (Fsp3) is 0.667. The lowest BCUT2D eigenvalue weighted by Gasteiger charge is -2.03. The first-order valence-corrected chi connectivity index (χ1v) is 3.26. The summed E-state index contributed by atoms with van der Waals surface area (Å²) in [5.74, 6) is 0. The molecule has 0 saturated heterocycles. The number of hydrogen-bond donors (Lipinski definition) is 0. The zero-order chi connectivity index (χ0) is 8.15. The molecule has 0 fully saturated rings. The van der Waals surface area contributed by atoms with Gasteiger partial charge in [-0.1, -0.05) is 0 Å². The van der Waals surface area contributed by atoms with Gasteiger partial charge in [-0.05, 0) is 0 Å². The molecule has 0 aromatic carbocycles. The van der Waals surface area contributed by atoms with E-state index in [1.807, 2.05) is 0 Å². The number of hydrogen-bond acceptors (Lipinski definition) is 5. The maximum Gasteiger partial charge on any atom is 0.436 e. The van der Waals surface area contributed by atoms with Crippen LogP contribution >= 0.6 is 0 Å². The molecule has 0 rings (SSSR count). The molecule has 10 heavy (non-hydrogen) atoms. The van der Waals surface area contributed by atoms with Crippen LogP contribution in [0.3, 0.4) is 0 Å². The van der Waals surface area contributed by atoms with Crippen molar-refractivity contribution in [3.63, 3.8) is 0 Å². The van der Waals surface area contributed by atoms with Crippen molar-refractivity contribution in [2.75, 3.05) is 14.1 Å². The molecule has 0 atom stereocenters. The summed E-state index contributed by atoms with van der Waals surface area (Å²) in [5.41, 5.74) is 0. The average molecular weight is 166 g/mol. The molecule has 0 heterocycles. The van der Waals surface area contributed by atoms with Gasteiger partial charge in [0.05, 0.1) is 4.53 Å². The molecule has 0 aromatic heterocycles. The van der Waals surface area contributed by atoms with Crippen molar-refractivity contribution in [3.05, 3.63) is 0 Å². The van der Waals surface area contributed by atoms with Crippen LogP contribution in [0.15, 0.2) is 4.53 Å². The second kappa shape index (κ2) is 3.83. The van der Waals surface area contributed by atoms with Crippen LogP contribution in [0.25, 0.3) is 0 Å². The summed E-state index contributed by atoms with van der Waals surface area (Å²) in [6.45, 7) is 0. The molecular weight excluding hydrogens is 160 g/mol. The van der Waals surface area contributed by atoms with Crippen molar-refractivity contribution < 1.29 is 18.0 Å². The van der Waals surface area contributed by atoms with E-state index in [1.165, 1.54) is 14.1 Å². The first-order valence-electron chi connectivity index (χ1n) is 2.22. The predicted octanol–water partition coefficient (Wildman–Crippen LogP) is -0.338. The zero-order valence-corrected chi connectivity index (χ0v) is 6.25. The Balaban J connectivity index is 3.95. The third-order valence-corrected chi connectivity index (χ3v) is 0.738. The molecule has 0 spiro atoms. The minimum Gasteiger partial charge on any atom is -0.312 e. The van der Waals surface area contributed by atoms with E-state index in [4.69, 9.17) is 0 Å². The first-order chi connectivity index (χ1) is 4.54. The van der Waals surface area contributed by atoms with Gasteiger partial charge in [-0.25, -0.2) is 4.79 Å². The highest BCUT2D eigenvalue weighted by atomic mass is 32.2. The van der Waals surface area contributed by atoms with E-state index >= 15 is 0 Å². The minimum atomic E-state index is -2.70. The number of rotatable bonds is 1. The van der Waals surface area contributed by atoms with Crippen LogP contribution in [0, 0.1) is 0 Å². The Kier molecular flexibility index (Phi) is 3.40. The van der Waals surface area contributed by atoms with Crippen molar-refractivity contribution >= 4 is 16.6 Å². The molecule has 58 valence electrons. The molecule has 0 N–H and O–H groups in total. The molecule has 7 heteroatoms. The second-order valence-corrected chi connectivity index (χ2v) is 2.13. The third kappa shape index (κ3) is 3.84. The molecule has 0 aliphatic carbocycles. The van der Waals surface area contributed by atoms with Crippen molar-refractivity contribution in [1.82, 2.24) is 4.90 Å². The van der Waals surface area contributed by atoms with Crippen molar-refractivity contribution in [2.24, 2.45) is 4.53 Å². The van der Waals surface area contributed by atoms with E-state index in [-0.39, 0.29) is 0 Å². The Morgan fingerprint density at radius 3 is 2.30 bits per heavy atom. The standard InChI is InChI=1S/C3H6N2O4S/c1-5(2)3(6)9-4-10(7)8/h1-2H3. The molecule has 0 radical (unpaired) electrons. The number of nitrogens with zero attached hydrogens (tertiary/aromatic N) is 2. The highest BCUT2D eigenvalue weighted by molar-refractivity contribution is 7.61. The van der Waals surface area contributed by atoms with Crippen molar-refractivity contribution in [1.29, 1.82) is 0 Å². The molecule has 0 bridgehead atoms. The monoisotopic (exact) mass is 166 g/mol. The lowest BCUT2D eigenvalue weighted by molar-refractivity contribution is 0.124. The van der Waals surface area contributed by atoms with Gasteiger partial charge in [-0.3, -0.25) is 4.84 Å². The normalized spacial score (nSPS) is 8.20. The predicted molar refractivity (Wildman–Crippen MR) is 31.5 cm³/mol. The quantitative estimate of drug-likeness (QED) is 0.499. The third-order valence-electron chi connectivity index (χ3n) is 0.541. The van der Waals surface area contributed by atoms with E-state index in [2.05, 4.69) is 9.36 Å². The fourth-order valence-corrected chi connectivity index (χ4v) is 0.269. The SMILES string of the molecule is CN(C)C(=O)ON=S(=O)=O. The van der Waals surface area contributed by atoms with Gasteiger partial charge in [-0.15, -0.1) is 0 Å². The smallest absolute Gasteiger partial charge is 0.312 e. The molecule has 0 aliphatic heterocycles. The van der Waals surface area contributed by atoms with Crippen LogP contribution < -0.4 is 0 Å². The van der Waals surface area contributed by atoms with E-state index in [0.717, 1.165) is 4.90 Å². The summed E-state index contributed by atoms with van der Waals surface area (Å²) >= 11 is 0. The number of amides is 1. The van der Waals surface area contributed by atoms with Gasteiger partial charge in [-0.2, -0.15) is 8.42 Å². The minimum absolute atomic E-state index is 0.829. The zero-order valence-electron chi connectivity index (χ0n) is 5.44. The van der Waals surface area contributed by atoms with Gasteiger partial charge in [0.2, 0.25) is 0 Å². The molecular formula is C3H6N2O4S. The Hall–Kier alpha value is -1.11. The number of carbonyl (C=O) groups excluding carboxylic acids is 1. The van der Waals surface area contributed by atoms with Crippen LogP contribution in [0.1, 0.15) is 0 Å². The Bertz CT molecular complexity index is 233. The largest absolute Gasteiger partial charge is 0.436 e. The van der Waals surface area contributed by atoms with Crippen molar-refractivity contribution in [2.45, 2.75) is 0 Å². The van der Waals surface area contributed by atoms with Gasteiger partial charge in [0.25, 0.3) is 0 Å². The fourth-order valence-electron chi connectivity index (χ4n) is 0.144. The van der Waals surface area contributed by atoms with Gasteiger partial charge in [0, 0.05) is 14.1 Å². The van der Waals surface area contributed by atoms with Crippen LogP contribution in [0.2, 0.25) is 0 Å². The summed E-state index contributed by atoms with van der Waals surface area (Å²) in [5, 5.41) is 0. The summed E-state index contributed by atoms with van der Waals surface area (Å²) < 4.78 is 21.8.